The number of amides is 3. The third kappa shape index (κ3) is 6.49. The number of likely N-dealkylation sites (N-methyl/N-ethyl adjacent to an activating group) is 1. The van der Waals surface area contributed by atoms with Gasteiger partial charge in [0.25, 0.3) is 5.69 Å². The van der Waals surface area contributed by atoms with Crippen LogP contribution in [0.3, 0.4) is 0 Å². The first-order valence-corrected chi connectivity index (χ1v) is 8.19. The van der Waals surface area contributed by atoms with Crippen LogP contribution in [0.5, 0.6) is 0 Å². The van der Waals surface area contributed by atoms with Crippen LogP contribution in [0.15, 0.2) is 24.3 Å². The number of carbonyl (C=O) groups is 2. The number of benzene rings is 1. The highest BCUT2D eigenvalue weighted by Gasteiger charge is 2.22. The van der Waals surface area contributed by atoms with E-state index in [2.05, 4.69) is 16.0 Å². The Kier molecular flexibility index (Phi) is 8.80. The van der Waals surface area contributed by atoms with Gasteiger partial charge >= 0.3 is 6.03 Å². The fraction of sp³-hybridized carbons (Fsp3) is 0.500. The summed E-state index contributed by atoms with van der Waals surface area (Å²) in [7, 11) is 1.88. The van der Waals surface area contributed by atoms with Crippen molar-refractivity contribution in [3.8, 4) is 0 Å². The van der Waals surface area contributed by atoms with Gasteiger partial charge in [-0.3, -0.25) is 14.9 Å². The van der Waals surface area contributed by atoms with E-state index in [0.29, 0.717) is 19.1 Å². The lowest BCUT2D eigenvalue weighted by atomic mass is 10.1. The molecule has 1 unspecified atom stereocenters. The van der Waals surface area contributed by atoms with Gasteiger partial charge in [-0.15, -0.1) is 12.4 Å². The molecule has 0 aromatic heterocycles. The van der Waals surface area contributed by atoms with Crippen molar-refractivity contribution in [3.05, 3.63) is 39.9 Å². The Balaban J connectivity index is 0.00000338. The molecular formula is C16H24ClN5O4. The molecule has 26 heavy (non-hydrogen) atoms. The fourth-order valence-electron chi connectivity index (χ4n) is 2.69. The van der Waals surface area contributed by atoms with E-state index >= 15 is 0 Å². The lowest BCUT2D eigenvalue weighted by Gasteiger charge is -2.32. The number of likely N-dealkylation sites (tertiary alicyclic amines) is 1. The van der Waals surface area contributed by atoms with Crippen molar-refractivity contribution in [2.75, 3.05) is 26.7 Å². The number of non-ortho nitro benzene ring substituents is 1. The van der Waals surface area contributed by atoms with Gasteiger partial charge in [0.05, 0.1) is 11.5 Å². The number of nitro benzene ring substituents is 1. The number of halogens is 1. The molecule has 0 radical (unpaired) electrons. The maximum atomic E-state index is 12.1. The average Bonchev–Trinajstić information content (AvgIpc) is 2.64. The second kappa shape index (κ2) is 10.6. The highest BCUT2D eigenvalue weighted by Crippen LogP contribution is 2.11. The van der Waals surface area contributed by atoms with Crippen LogP contribution in [-0.4, -0.2) is 54.5 Å². The molecule has 0 spiro atoms. The van der Waals surface area contributed by atoms with Crippen LogP contribution in [0.4, 0.5) is 10.5 Å². The van der Waals surface area contributed by atoms with Gasteiger partial charge in [0.1, 0.15) is 0 Å². The van der Waals surface area contributed by atoms with Crippen molar-refractivity contribution in [2.45, 2.75) is 25.4 Å². The Labute approximate surface area is 158 Å². The fourth-order valence-corrected chi connectivity index (χ4v) is 2.69. The minimum Gasteiger partial charge on any atom is -0.340 e. The molecule has 0 aliphatic carbocycles. The highest BCUT2D eigenvalue weighted by atomic mass is 35.5. The molecule has 3 N–H and O–H groups in total. The van der Waals surface area contributed by atoms with Crippen molar-refractivity contribution in [1.29, 1.82) is 0 Å². The first kappa shape index (κ1) is 21.7. The van der Waals surface area contributed by atoms with Crippen LogP contribution < -0.4 is 16.0 Å². The summed E-state index contributed by atoms with van der Waals surface area (Å²) in [5.74, 6) is -0.106. The van der Waals surface area contributed by atoms with Gasteiger partial charge < -0.3 is 20.9 Å². The molecule has 0 saturated carbocycles. The molecule has 2 rings (SSSR count). The zero-order valence-corrected chi connectivity index (χ0v) is 15.4. The summed E-state index contributed by atoms with van der Waals surface area (Å²) >= 11 is 0. The number of rotatable bonds is 6. The number of nitrogens with one attached hydrogen (secondary N) is 3. The lowest BCUT2D eigenvalue weighted by Crippen LogP contribution is -2.50. The number of hydrogen-bond acceptors (Lipinski definition) is 5. The number of carbonyl (C=O) groups excluding carboxylic acids is 2. The summed E-state index contributed by atoms with van der Waals surface area (Å²) in [6.45, 7) is 1.54. The Morgan fingerprint density at radius 1 is 1.27 bits per heavy atom. The van der Waals surface area contributed by atoms with Gasteiger partial charge in [-0.2, -0.15) is 0 Å². The van der Waals surface area contributed by atoms with E-state index in [1.54, 1.807) is 17.0 Å². The number of nitro groups is 1. The standard InChI is InChI=1S/C16H23N5O4.ClH/c1-17-13-3-2-8-20(11-13)15(22)10-19-16(23)18-9-12-4-6-14(7-5-12)21(24)25;/h4-7,13,17H,2-3,8-11H2,1H3,(H2,18,19,23);1H. The molecule has 10 heteroatoms. The van der Waals surface area contributed by atoms with Gasteiger partial charge in [0.15, 0.2) is 0 Å². The predicted octanol–water partition coefficient (Wildman–Crippen LogP) is 1.03. The van der Waals surface area contributed by atoms with E-state index in [9.17, 15) is 19.7 Å². The highest BCUT2D eigenvalue weighted by molar-refractivity contribution is 5.85. The number of nitrogens with zero attached hydrogens (tertiary/aromatic N) is 2. The first-order valence-electron chi connectivity index (χ1n) is 8.19. The molecule has 1 fully saturated rings. The minimum absolute atomic E-state index is 0. The number of hydrogen-bond donors (Lipinski definition) is 3. The van der Waals surface area contributed by atoms with E-state index < -0.39 is 11.0 Å². The normalized spacial score (nSPS) is 16.3. The third-order valence-corrected chi connectivity index (χ3v) is 4.18. The van der Waals surface area contributed by atoms with Crippen LogP contribution >= 0.6 is 12.4 Å². The summed E-state index contributed by atoms with van der Waals surface area (Å²) in [4.78, 5) is 35.8. The molecule has 1 atom stereocenters. The molecule has 0 bridgehead atoms. The van der Waals surface area contributed by atoms with E-state index in [4.69, 9.17) is 0 Å². The van der Waals surface area contributed by atoms with Crippen molar-refractivity contribution < 1.29 is 14.5 Å². The zero-order valence-electron chi connectivity index (χ0n) is 14.6. The molecule has 1 aliphatic heterocycles. The summed E-state index contributed by atoms with van der Waals surface area (Å²) < 4.78 is 0. The number of urea groups is 1. The average molecular weight is 386 g/mol. The quantitative estimate of drug-likeness (QED) is 0.499. The van der Waals surface area contributed by atoms with Crippen LogP contribution in [0, 0.1) is 10.1 Å². The van der Waals surface area contributed by atoms with Crippen LogP contribution in [0.1, 0.15) is 18.4 Å². The maximum absolute atomic E-state index is 12.1. The molecule has 3 amide bonds. The Morgan fingerprint density at radius 3 is 2.58 bits per heavy atom. The summed E-state index contributed by atoms with van der Waals surface area (Å²) in [6, 6.07) is 5.77. The van der Waals surface area contributed by atoms with Crippen molar-refractivity contribution >= 4 is 30.0 Å². The SMILES string of the molecule is CNC1CCCN(C(=O)CNC(=O)NCc2ccc([N+](=O)[O-])cc2)C1.Cl. The summed E-state index contributed by atoms with van der Waals surface area (Å²) in [5, 5.41) is 18.9. The lowest BCUT2D eigenvalue weighted by molar-refractivity contribution is -0.384. The Bertz CT molecular complexity index is 626. The van der Waals surface area contributed by atoms with Gasteiger partial charge in [-0.1, -0.05) is 12.1 Å². The second-order valence-corrected chi connectivity index (χ2v) is 5.93. The maximum Gasteiger partial charge on any atom is 0.315 e. The summed E-state index contributed by atoms with van der Waals surface area (Å²) in [5.41, 5.74) is 0.736. The van der Waals surface area contributed by atoms with E-state index in [0.717, 1.165) is 18.4 Å². The monoisotopic (exact) mass is 385 g/mol. The summed E-state index contributed by atoms with van der Waals surface area (Å²) in [6.07, 6.45) is 1.99. The molecule has 1 aromatic carbocycles. The van der Waals surface area contributed by atoms with Gasteiger partial charge in [0.2, 0.25) is 5.91 Å². The molecule has 1 heterocycles. The van der Waals surface area contributed by atoms with E-state index in [-0.39, 0.29) is 37.1 Å². The van der Waals surface area contributed by atoms with Crippen LogP contribution in [0.25, 0.3) is 0 Å². The topological polar surface area (TPSA) is 117 Å². The van der Waals surface area contributed by atoms with E-state index in [1.807, 2.05) is 7.05 Å². The molecule has 1 saturated heterocycles. The zero-order chi connectivity index (χ0) is 18.2. The first-order chi connectivity index (χ1) is 12.0. The second-order valence-electron chi connectivity index (χ2n) is 5.93. The van der Waals surface area contributed by atoms with Gasteiger partial charge in [-0.05, 0) is 25.5 Å². The van der Waals surface area contributed by atoms with Crippen molar-refractivity contribution in [2.24, 2.45) is 0 Å². The molecular weight excluding hydrogens is 362 g/mol. The Hall–Kier alpha value is -2.39. The van der Waals surface area contributed by atoms with Crippen molar-refractivity contribution in [3.63, 3.8) is 0 Å². The minimum atomic E-state index is -0.477. The van der Waals surface area contributed by atoms with Crippen LogP contribution in [0.2, 0.25) is 0 Å². The predicted molar refractivity (Wildman–Crippen MR) is 99.2 cm³/mol. The number of piperidine rings is 1. The van der Waals surface area contributed by atoms with Crippen molar-refractivity contribution in [1.82, 2.24) is 20.9 Å². The van der Waals surface area contributed by atoms with Gasteiger partial charge in [0, 0.05) is 37.8 Å². The Morgan fingerprint density at radius 2 is 1.96 bits per heavy atom. The van der Waals surface area contributed by atoms with Crippen LogP contribution in [-0.2, 0) is 11.3 Å². The van der Waals surface area contributed by atoms with E-state index in [1.165, 1.54) is 12.1 Å². The smallest absolute Gasteiger partial charge is 0.315 e. The molecule has 1 aliphatic rings. The largest absolute Gasteiger partial charge is 0.340 e. The molecule has 9 nitrogen and oxygen atoms in total. The molecule has 1 aromatic rings. The molecule has 144 valence electrons. The van der Waals surface area contributed by atoms with Gasteiger partial charge in [-0.25, -0.2) is 4.79 Å². The third-order valence-electron chi connectivity index (χ3n) is 4.18.